The van der Waals surface area contributed by atoms with E-state index in [2.05, 4.69) is 55.6 Å². The van der Waals surface area contributed by atoms with Gasteiger partial charge in [0.2, 0.25) is 5.91 Å². The number of unbranched alkanes of at least 4 members (excludes halogenated alkanes) is 47. The van der Waals surface area contributed by atoms with E-state index in [-0.39, 0.29) is 18.5 Å². The average Bonchev–Trinajstić information content (AvgIpc) is 3.42. The lowest BCUT2D eigenvalue weighted by molar-refractivity contribution is -0.143. The molecule has 0 aliphatic carbocycles. The fraction of sp³-hybridized carbons (Fsp3) is 0.886. The molecule has 0 spiro atoms. The van der Waals surface area contributed by atoms with Gasteiger partial charge in [-0.15, -0.1) is 0 Å². The predicted octanol–water partition coefficient (Wildman–Crippen LogP) is 21.9. The number of aliphatic hydroxyl groups is 2. The van der Waals surface area contributed by atoms with Gasteiger partial charge in [0, 0.05) is 12.8 Å². The van der Waals surface area contributed by atoms with Gasteiger partial charge in [0.25, 0.3) is 0 Å². The van der Waals surface area contributed by atoms with E-state index in [9.17, 15) is 19.8 Å². The van der Waals surface area contributed by atoms with E-state index >= 15 is 0 Å². The van der Waals surface area contributed by atoms with Gasteiger partial charge in [-0.3, -0.25) is 9.59 Å². The van der Waals surface area contributed by atoms with E-state index in [1.165, 1.54) is 263 Å². The number of ether oxygens (including phenoxy) is 1. The molecule has 0 saturated carbocycles. The van der Waals surface area contributed by atoms with Crippen LogP contribution in [0.3, 0.4) is 0 Å². The van der Waals surface area contributed by atoms with Crippen molar-refractivity contribution in [2.24, 2.45) is 0 Å². The number of rotatable bonds is 64. The van der Waals surface area contributed by atoms with Crippen LogP contribution < -0.4 is 5.32 Å². The molecule has 448 valence electrons. The first kappa shape index (κ1) is 74.1. The van der Waals surface area contributed by atoms with Crippen molar-refractivity contribution in [3.05, 3.63) is 36.5 Å². The maximum atomic E-state index is 12.5. The smallest absolute Gasteiger partial charge is 0.305 e. The molecule has 0 aromatic rings. The Labute approximate surface area is 474 Å². The van der Waals surface area contributed by atoms with Gasteiger partial charge in [-0.05, 0) is 83.5 Å². The van der Waals surface area contributed by atoms with Gasteiger partial charge in [0.1, 0.15) is 0 Å². The Morgan fingerprint density at radius 2 is 0.658 bits per heavy atom. The molecule has 0 saturated heterocycles. The number of allylic oxidation sites excluding steroid dienone is 6. The molecule has 2 atom stereocenters. The number of amides is 1. The fourth-order valence-corrected chi connectivity index (χ4v) is 10.7. The zero-order valence-corrected chi connectivity index (χ0v) is 51.3. The Balaban J connectivity index is 3.45. The lowest BCUT2D eigenvalue weighted by Crippen LogP contribution is -2.45. The highest BCUT2D eigenvalue weighted by Crippen LogP contribution is 2.18. The number of hydrogen-bond donors (Lipinski definition) is 3. The van der Waals surface area contributed by atoms with Crippen LogP contribution >= 0.6 is 0 Å². The Morgan fingerprint density at radius 3 is 1.04 bits per heavy atom. The minimum atomic E-state index is -0.677. The summed E-state index contributed by atoms with van der Waals surface area (Å²) in [5.41, 5.74) is 0. The monoisotopic (exact) mass is 1070 g/mol. The highest BCUT2D eigenvalue weighted by Gasteiger charge is 2.20. The molecule has 0 aliphatic heterocycles. The first-order chi connectivity index (χ1) is 37.5. The molecule has 0 aromatic carbocycles. The van der Waals surface area contributed by atoms with Crippen LogP contribution in [0.4, 0.5) is 0 Å². The maximum Gasteiger partial charge on any atom is 0.305 e. The first-order valence-corrected chi connectivity index (χ1v) is 34.2. The minimum absolute atomic E-state index is 0.0128. The Kier molecular flexibility index (Phi) is 63.9. The maximum absolute atomic E-state index is 12.5. The van der Waals surface area contributed by atoms with Gasteiger partial charge >= 0.3 is 5.97 Å². The van der Waals surface area contributed by atoms with Crippen molar-refractivity contribution in [1.29, 1.82) is 0 Å². The molecule has 0 aliphatic rings. The molecule has 0 bridgehead atoms. The summed E-state index contributed by atoms with van der Waals surface area (Å²) in [5, 5.41) is 23.4. The molecule has 3 N–H and O–H groups in total. The van der Waals surface area contributed by atoms with Crippen LogP contribution in [0, 0.1) is 0 Å². The number of carbonyl (C=O) groups excluding carboxylic acids is 2. The lowest BCUT2D eigenvalue weighted by Gasteiger charge is -2.22. The molecule has 6 heteroatoms. The summed E-state index contributed by atoms with van der Waals surface area (Å²) in [4.78, 5) is 24.7. The average molecular weight is 1070 g/mol. The Hall–Kier alpha value is -1.92. The SMILES string of the molecule is CCCCC/C=C\C/C=C\CCCCCCCCCCCC(=O)OCCCCCC/C=C\CCCCCCCCCC(=O)NC(CO)C(O)CCCCCCCCCCCCCCCCCCCCCCCCCCC. The van der Waals surface area contributed by atoms with E-state index in [4.69, 9.17) is 4.74 Å². The van der Waals surface area contributed by atoms with E-state index < -0.39 is 12.1 Å². The molecule has 0 aromatic heterocycles. The normalized spacial score (nSPS) is 12.7. The van der Waals surface area contributed by atoms with E-state index in [0.29, 0.717) is 25.9 Å². The third-order valence-electron chi connectivity index (χ3n) is 15.9. The second-order valence-corrected chi connectivity index (χ2v) is 23.5. The summed E-state index contributed by atoms with van der Waals surface area (Å²) in [7, 11) is 0. The van der Waals surface area contributed by atoms with E-state index in [1.807, 2.05) is 0 Å². The van der Waals surface area contributed by atoms with E-state index in [0.717, 1.165) is 77.0 Å². The number of hydrogen-bond acceptors (Lipinski definition) is 5. The number of aliphatic hydroxyl groups excluding tert-OH is 2. The second kappa shape index (κ2) is 65.6. The van der Waals surface area contributed by atoms with Crippen molar-refractivity contribution < 1.29 is 24.5 Å². The van der Waals surface area contributed by atoms with E-state index in [1.54, 1.807) is 0 Å². The third kappa shape index (κ3) is 61.3. The standard InChI is InChI=1S/C70H133NO5/c1-3-5-7-9-11-13-15-17-19-21-23-24-25-26-27-28-30-31-34-38-42-46-50-54-58-62-68(73)67(66-72)71-69(74)63-59-55-51-47-43-39-35-33-37-41-45-49-53-57-61-65-76-70(75)64-60-56-52-48-44-40-36-32-29-22-20-18-16-14-12-10-8-6-4-2/h12,14,18,20,37,41,67-68,72-73H,3-11,13,15-17,19,21-36,38-40,42-66H2,1-2H3,(H,71,74)/b14-12-,20-18-,41-37-. The van der Waals surface area contributed by atoms with Crippen LogP contribution in [-0.4, -0.2) is 47.4 Å². The molecule has 0 heterocycles. The van der Waals surface area contributed by atoms with Gasteiger partial charge in [-0.1, -0.05) is 314 Å². The largest absolute Gasteiger partial charge is 0.466 e. The molecule has 6 nitrogen and oxygen atoms in total. The molecular formula is C70H133NO5. The third-order valence-corrected chi connectivity index (χ3v) is 15.9. The van der Waals surface area contributed by atoms with Gasteiger partial charge in [-0.2, -0.15) is 0 Å². The molecule has 0 radical (unpaired) electrons. The summed E-state index contributed by atoms with van der Waals surface area (Å²) < 4.78 is 5.48. The molecular weight excluding hydrogens is 935 g/mol. The summed E-state index contributed by atoms with van der Waals surface area (Å²) in [5.74, 6) is -0.0594. The molecule has 0 rings (SSSR count). The number of carbonyl (C=O) groups is 2. The second-order valence-electron chi connectivity index (χ2n) is 23.5. The molecule has 0 fully saturated rings. The van der Waals surface area contributed by atoms with Gasteiger partial charge in [0.15, 0.2) is 0 Å². The highest BCUT2D eigenvalue weighted by molar-refractivity contribution is 5.76. The Bertz CT molecular complexity index is 1230. The van der Waals surface area contributed by atoms with Crippen molar-refractivity contribution >= 4 is 11.9 Å². The summed E-state index contributed by atoms with van der Waals surface area (Å²) in [6, 6.07) is -0.555. The van der Waals surface area contributed by atoms with Gasteiger partial charge in [0.05, 0.1) is 25.4 Å². The van der Waals surface area contributed by atoms with Crippen LogP contribution in [0.15, 0.2) is 36.5 Å². The molecule has 2 unspecified atom stereocenters. The van der Waals surface area contributed by atoms with Crippen molar-refractivity contribution in [1.82, 2.24) is 5.32 Å². The van der Waals surface area contributed by atoms with Gasteiger partial charge in [-0.25, -0.2) is 0 Å². The summed E-state index contributed by atoms with van der Waals surface area (Å²) in [6.45, 7) is 4.92. The highest BCUT2D eigenvalue weighted by atomic mass is 16.5. The predicted molar refractivity (Wildman–Crippen MR) is 333 cm³/mol. The zero-order chi connectivity index (χ0) is 55.0. The Morgan fingerprint density at radius 1 is 0.368 bits per heavy atom. The number of esters is 1. The fourth-order valence-electron chi connectivity index (χ4n) is 10.7. The quantitative estimate of drug-likeness (QED) is 0.0320. The topological polar surface area (TPSA) is 95.9 Å². The number of nitrogens with one attached hydrogen (secondary N) is 1. The van der Waals surface area contributed by atoms with Crippen LogP contribution in [0.5, 0.6) is 0 Å². The van der Waals surface area contributed by atoms with Crippen molar-refractivity contribution in [2.75, 3.05) is 13.2 Å². The van der Waals surface area contributed by atoms with Crippen molar-refractivity contribution in [3.8, 4) is 0 Å². The summed E-state index contributed by atoms with van der Waals surface area (Å²) in [6.07, 6.45) is 83.1. The minimum Gasteiger partial charge on any atom is -0.466 e. The van der Waals surface area contributed by atoms with Crippen molar-refractivity contribution in [2.45, 2.75) is 386 Å². The van der Waals surface area contributed by atoms with Crippen molar-refractivity contribution in [3.63, 3.8) is 0 Å². The van der Waals surface area contributed by atoms with Gasteiger partial charge < -0.3 is 20.3 Å². The molecule has 76 heavy (non-hydrogen) atoms. The lowest BCUT2D eigenvalue weighted by atomic mass is 10.0. The van der Waals surface area contributed by atoms with Crippen LogP contribution in [0.2, 0.25) is 0 Å². The molecule has 1 amide bonds. The zero-order valence-electron chi connectivity index (χ0n) is 51.3. The first-order valence-electron chi connectivity index (χ1n) is 34.2. The van der Waals surface area contributed by atoms with Crippen LogP contribution in [0.1, 0.15) is 373 Å². The van der Waals surface area contributed by atoms with Crippen LogP contribution in [-0.2, 0) is 14.3 Å². The van der Waals surface area contributed by atoms with Crippen LogP contribution in [0.25, 0.3) is 0 Å². The summed E-state index contributed by atoms with van der Waals surface area (Å²) >= 11 is 0.